The molecule has 47 heavy (non-hydrogen) atoms. The van der Waals surface area contributed by atoms with Crippen molar-refractivity contribution in [3.63, 3.8) is 0 Å². The first-order valence-corrected chi connectivity index (χ1v) is 15.8. The monoisotopic (exact) mass is 651 g/mol. The fourth-order valence-electron chi connectivity index (χ4n) is 5.10. The van der Waals surface area contributed by atoms with Crippen molar-refractivity contribution in [3.8, 4) is 0 Å². The molecule has 1 aliphatic rings. The van der Waals surface area contributed by atoms with E-state index in [9.17, 15) is 29.1 Å². The number of benzene rings is 2. The van der Waals surface area contributed by atoms with Crippen molar-refractivity contribution in [1.29, 1.82) is 0 Å². The van der Waals surface area contributed by atoms with Gasteiger partial charge in [-0.25, -0.2) is 9.69 Å². The Hall–Kier alpha value is -4.19. The van der Waals surface area contributed by atoms with Gasteiger partial charge in [0.2, 0.25) is 5.91 Å². The van der Waals surface area contributed by atoms with E-state index in [1.165, 1.54) is 6.92 Å². The minimum atomic E-state index is -1.58. The van der Waals surface area contributed by atoms with Gasteiger partial charge in [-0.2, -0.15) is 0 Å². The van der Waals surface area contributed by atoms with Crippen LogP contribution in [0.3, 0.4) is 0 Å². The lowest BCUT2D eigenvalue weighted by Gasteiger charge is -2.28. The van der Waals surface area contributed by atoms with Crippen LogP contribution < -0.4 is 0 Å². The average molecular weight is 652 g/mol. The highest BCUT2D eigenvalue weighted by Gasteiger charge is 2.44. The van der Waals surface area contributed by atoms with Gasteiger partial charge in [0.15, 0.2) is 17.7 Å². The average Bonchev–Trinajstić information content (AvgIpc) is 3.44. The summed E-state index contributed by atoms with van der Waals surface area (Å²) in [6.45, 7) is 8.50. The Bertz CT molecular complexity index is 1420. The van der Waals surface area contributed by atoms with Crippen LogP contribution in [0.15, 0.2) is 60.7 Å². The lowest BCUT2D eigenvalue weighted by molar-refractivity contribution is -0.158. The summed E-state index contributed by atoms with van der Waals surface area (Å²) in [5, 5.41) is 9.66. The van der Waals surface area contributed by atoms with E-state index in [1.807, 2.05) is 57.2 Å². The van der Waals surface area contributed by atoms with Crippen LogP contribution in [0.2, 0.25) is 0 Å². The molecule has 0 radical (unpaired) electrons. The molecule has 4 unspecified atom stereocenters. The summed E-state index contributed by atoms with van der Waals surface area (Å²) >= 11 is 0. The second-order valence-corrected chi connectivity index (χ2v) is 11.9. The number of carbonyl (C=O) groups is 5. The maximum Gasteiger partial charge on any atom is 0.416 e. The lowest BCUT2D eigenvalue weighted by Crippen LogP contribution is -2.48. The van der Waals surface area contributed by atoms with Crippen molar-refractivity contribution in [2.24, 2.45) is 11.8 Å². The molecule has 0 bridgehead atoms. The Kier molecular flexibility index (Phi) is 14.5. The third-order valence-electron chi connectivity index (χ3n) is 7.77. The molecule has 3 rings (SSSR count). The summed E-state index contributed by atoms with van der Waals surface area (Å²) in [5.41, 5.74) is 2.41. The topological polar surface area (TPSA) is 146 Å². The van der Waals surface area contributed by atoms with Crippen LogP contribution in [0.1, 0.15) is 57.2 Å². The van der Waals surface area contributed by atoms with Crippen LogP contribution in [0, 0.1) is 18.8 Å². The van der Waals surface area contributed by atoms with Crippen LogP contribution in [0.5, 0.6) is 0 Å². The molecule has 2 aromatic rings. The van der Waals surface area contributed by atoms with Crippen molar-refractivity contribution < 1.29 is 48.0 Å². The minimum Gasteiger partial charge on any atom is -0.453 e. The summed E-state index contributed by atoms with van der Waals surface area (Å²) in [4.78, 5) is 66.2. The third-order valence-corrected chi connectivity index (χ3v) is 7.77. The number of allylic oxidation sites excluding steroid dienone is 1. The van der Waals surface area contributed by atoms with Gasteiger partial charge in [0.1, 0.15) is 12.7 Å². The molecule has 1 fully saturated rings. The van der Waals surface area contributed by atoms with E-state index in [2.05, 4.69) is 0 Å². The number of cyclic esters (lactones) is 1. The third kappa shape index (κ3) is 10.9. The molecule has 1 saturated heterocycles. The van der Waals surface area contributed by atoms with Crippen molar-refractivity contribution in [2.75, 3.05) is 26.4 Å². The summed E-state index contributed by atoms with van der Waals surface area (Å²) in [6, 6.07) is 16.1. The van der Waals surface area contributed by atoms with E-state index in [0.29, 0.717) is 18.6 Å². The number of rotatable bonds is 18. The molecule has 1 N–H and O–H groups in total. The number of ketones is 2. The maximum atomic E-state index is 13.7. The van der Waals surface area contributed by atoms with Gasteiger partial charge in [0.05, 0.1) is 31.8 Å². The number of aliphatic hydroxyl groups excluding tert-OH is 1. The molecule has 4 atom stereocenters. The Morgan fingerprint density at radius 2 is 1.79 bits per heavy atom. The fraction of sp³-hybridized carbons (Fsp3) is 0.472. The number of aryl methyl sites for hydroxylation is 1. The fourth-order valence-corrected chi connectivity index (χ4v) is 5.10. The first kappa shape index (κ1) is 37.3. The van der Waals surface area contributed by atoms with Gasteiger partial charge in [-0.3, -0.25) is 19.2 Å². The van der Waals surface area contributed by atoms with Gasteiger partial charge < -0.3 is 24.1 Å². The van der Waals surface area contributed by atoms with Crippen molar-refractivity contribution in [3.05, 3.63) is 77.4 Å². The predicted molar refractivity (Wildman–Crippen MR) is 173 cm³/mol. The van der Waals surface area contributed by atoms with Crippen molar-refractivity contribution in [2.45, 2.75) is 72.3 Å². The highest BCUT2D eigenvalue weighted by molar-refractivity contribution is 6.25. The van der Waals surface area contributed by atoms with Gasteiger partial charge in [-0.1, -0.05) is 74.0 Å². The molecule has 2 aromatic carbocycles. The smallest absolute Gasteiger partial charge is 0.416 e. The van der Waals surface area contributed by atoms with Gasteiger partial charge in [0.25, 0.3) is 0 Å². The van der Waals surface area contributed by atoms with E-state index < -0.39 is 47.9 Å². The molecule has 1 heterocycles. The van der Waals surface area contributed by atoms with Gasteiger partial charge >= 0.3 is 12.1 Å². The van der Waals surface area contributed by atoms with E-state index in [1.54, 1.807) is 18.2 Å². The van der Waals surface area contributed by atoms with E-state index >= 15 is 0 Å². The summed E-state index contributed by atoms with van der Waals surface area (Å²) < 4.78 is 21.8. The van der Waals surface area contributed by atoms with E-state index in [-0.39, 0.29) is 50.1 Å². The van der Waals surface area contributed by atoms with Gasteiger partial charge in [-0.15, -0.1) is 0 Å². The van der Waals surface area contributed by atoms with Crippen molar-refractivity contribution >= 4 is 35.1 Å². The Balaban J connectivity index is 1.72. The number of nitrogens with zero attached hydrogens (tertiary/aromatic N) is 1. The SMILES string of the molecule is CC(=O)OC(C(=O)C=C(C(=O)CCCOCC(CO)OCc1ccccc1)c1cccc(C)c1)C(C)C(=O)N1C(=O)OCC1C(C)C. The molecule has 11 heteroatoms. The molecule has 0 aliphatic carbocycles. The van der Waals surface area contributed by atoms with Crippen molar-refractivity contribution in [1.82, 2.24) is 4.90 Å². The first-order valence-electron chi connectivity index (χ1n) is 15.8. The molecule has 11 nitrogen and oxygen atoms in total. The van der Waals surface area contributed by atoms with Gasteiger partial charge in [-0.05, 0) is 43.4 Å². The van der Waals surface area contributed by atoms with Crippen LogP contribution in [0.25, 0.3) is 5.57 Å². The van der Waals surface area contributed by atoms with E-state index in [4.69, 9.17) is 18.9 Å². The zero-order valence-electron chi connectivity index (χ0n) is 27.7. The molecule has 1 aliphatic heterocycles. The number of imide groups is 1. The number of hydrogen-bond acceptors (Lipinski definition) is 10. The van der Waals surface area contributed by atoms with Crippen LogP contribution in [0.4, 0.5) is 4.79 Å². The molecule has 0 spiro atoms. The molecule has 2 amide bonds. The second-order valence-electron chi connectivity index (χ2n) is 11.9. The molecule has 0 saturated carbocycles. The zero-order valence-corrected chi connectivity index (χ0v) is 27.7. The van der Waals surface area contributed by atoms with Gasteiger partial charge in [0, 0.05) is 25.5 Å². The number of Topliss-reactive ketones (excluding diaryl/α,β-unsaturated/α-hetero) is 1. The minimum absolute atomic E-state index is 0.0259. The quantitative estimate of drug-likeness (QED) is 0.139. The first-order chi connectivity index (χ1) is 22.4. The summed E-state index contributed by atoms with van der Waals surface area (Å²) in [7, 11) is 0. The number of aliphatic hydroxyl groups is 1. The Morgan fingerprint density at radius 3 is 2.43 bits per heavy atom. The van der Waals surface area contributed by atoms with Crippen LogP contribution in [-0.4, -0.2) is 84.2 Å². The largest absolute Gasteiger partial charge is 0.453 e. The Morgan fingerprint density at radius 1 is 1.06 bits per heavy atom. The number of esters is 1. The number of amides is 2. The highest BCUT2D eigenvalue weighted by atomic mass is 16.6. The lowest BCUT2D eigenvalue weighted by atomic mass is 9.92. The normalized spacial score (nSPS) is 16.8. The number of carbonyl (C=O) groups excluding carboxylic acids is 5. The highest BCUT2D eigenvalue weighted by Crippen LogP contribution is 2.26. The zero-order chi connectivity index (χ0) is 34.5. The Labute approximate surface area is 275 Å². The van der Waals surface area contributed by atoms with Crippen LogP contribution in [-0.2, 0) is 44.7 Å². The number of ether oxygens (including phenoxy) is 4. The maximum absolute atomic E-state index is 13.7. The van der Waals surface area contributed by atoms with E-state index in [0.717, 1.165) is 29.0 Å². The second kappa shape index (κ2) is 18.2. The van der Waals surface area contributed by atoms with Crippen LogP contribution >= 0.6 is 0 Å². The molecular weight excluding hydrogens is 606 g/mol. The molecule has 0 aromatic heterocycles. The summed E-state index contributed by atoms with van der Waals surface area (Å²) in [6.07, 6.45) is -1.48. The standard InChI is InChI=1S/C36H45NO10/c1-23(2)31-22-46-36(43)37(31)35(42)25(4)34(47-26(5)39)33(41)18-30(28-14-9-11-24(3)17-28)32(40)15-10-16-44-21-29(19-38)45-20-27-12-7-6-8-13-27/h6-9,11-14,17-18,23,25,29,31,34,38H,10,15-16,19-22H2,1-5H3. The summed E-state index contributed by atoms with van der Waals surface area (Å²) in [5.74, 6) is -3.97. The molecule has 254 valence electrons. The molecular formula is C36H45NO10. The number of hydrogen-bond donors (Lipinski definition) is 1. The predicted octanol–water partition coefficient (Wildman–Crippen LogP) is 4.46.